The fraction of sp³-hybridized carbons (Fsp3) is 0.846. The van der Waals surface area contributed by atoms with E-state index in [0.717, 1.165) is 25.0 Å². The average Bonchev–Trinajstić information content (AvgIpc) is 2.93. The van der Waals surface area contributed by atoms with Crippen LogP contribution in [0.4, 0.5) is 0 Å². The van der Waals surface area contributed by atoms with Crippen molar-refractivity contribution in [1.29, 1.82) is 0 Å². The molecule has 0 bridgehead atoms. The number of aliphatic carboxylic acids is 1. The van der Waals surface area contributed by atoms with Gasteiger partial charge >= 0.3 is 5.97 Å². The first-order valence-electron chi connectivity index (χ1n) is 6.84. The van der Waals surface area contributed by atoms with Crippen LogP contribution in [0.1, 0.15) is 25.7 Å². The third-order valence-corrected chi connectivity index (χ3v) is 5.02. The lowest BCUT2D eigenvalue weighted by Gasteiger charge is -2.27. The van der Waals surface area contributed by atoms with Crippen molar-refractivity contribution in [2.75, 3.05) is 18.6 Å². The Morgan fingerprint density at radius 1 is 1.47 bits per heavy atom. The van der Waals surface area contributed by atoms with E-state index in [4.69, 9.17) is 5.73 Å². The van der Waals surface area contributed by atoms with Crippen molar-refractivity contribution in [1.82, 2.24) is 4.90 Å². The van der Waals surface area contributed by atoms with E-state index in [1.165, 1.54) is 4.90 Å². The van der Waals surface area contributed by atoms with Crippen LogP contribution in [-0.4, -0.2) is 52.5 Å². The van der Waals surface area contributed by atoms with Gasteiger partial charge in [0.05, 0.1) is 6.04 Å². The van der Waals surface area contributed by atoms with E-state index in [2.05, 4.69) is 0 Å². The van der Waals surface area contributed by atoms with Crippen LogP contribution in [0, 0.1) is 11.8 Å². The second-order valence-corrected chi connectivity index (χ2v) is 6.50. The minimum atomic E-state index is -0.875. The standard InChI is InChI=1S/C13H22N2O3S/c1-19-6-5-10(14)12(16)15-7-8-3-2-4-9(8)11(15)13(17)18/h8-11H,2-7,14H2,1H3,(H,17,18)/t8?,9?,10-,11?/m0/s1. The number of carbonyl (C=O) groups excluding carboxylic acids is 1. The van der Waals surface area contributed by atoms with Crippen molar-refractivity contribution < 1.29 is 14.7 Å². The van der Waals surface area contributed by atoms with Gasteiger partial charge in [0, 0.05) is 6.54 Å². The summed E-state index contributed by atoms with van der Waals surface area (Å²) in [4.78, 5) is 25.3. The number of carbonyl (C=O) groups is 2. The summed E-state index contributed by atoms with van der Waals surface area (Å²) in [5.41, 5.74) is 5.90. The fourth-order valence-corrected chi connectivity index (χ4v) is 3.92. The van der Waals surface area contributed by atoms with Crippen molar-refractivity contribution in [3.8, 4) is 0 Å². The molecule has 0 spiro atoms. The molecule has 1 saturated heterocycles. The first-order chi connectivity index (χ1) is 9.06. The Kier molecular flexibility index (Phi) is 4.73. The van der Waals surface area contributed by atoms with E-state index in [9.17, 15) is 14.7 Å². The van der Waals surface area contributed by atoms with Gasteiger partial charge in [0.25, 0.3) is 0 Å². The number of amides is 1. The molecular formula is C13H22N2O3S. The minimum Gasteiger partial charge on any atom is -0.480 e. The van der Waals surface area contributed by atoms with Gasteiger partial charge in [0.1, 0.15) is 6.04 Å². The number of nitrogens with two attached hydrogens (primary N) is 1. The molecule has 1 heterocycles. The zero-order chi connectivity index (χ0) is 14.0. The molecule has 1 saturated carbocycles. The number of thioether (sulfide) groups is 1. The zero-order valence-corrected chi connectivity index (χ0v) is 12.1. The van der Waals surface area contributed by atoms with Gasteiger partial charge in [-0.1, -0.05) is 6.42 Å². The summed E-state index contributed by atoms with van der Waals surface area (Å²) >= 11 is 1.65. The van der Waals surface area contributed by atoms with Gasteiger partial charge in [-0.2, -0.15) is 11.8 Å². The minimum absolute atomic E-state index is 0.134. The maximum atomic E-state index is 12.3. The van der Waals surface area contributed by atoms with E-state index >= 15 is 0 Å². The van der Waals surface area contributed by atoms with Gasteiger partial charge in [0.15, 0.2) is 0 Å². The Hall–Kier alpha value is -0.750. The topological polar surface area (TPSA) is 83.6 Å². The summed E-state index contributed by atoms with van der Waals surface area (Å²) < 4.78 is 0. The quantitative estimate of drug-likeness (QED) is 0.780. The number of nitrogens with zero attached hydrogens (tertiary/aromatic N) is 1. The third-order valence-electron chi connectivity index (χ3n) is 4.38. The Bertz CT molecular complexity index is 364. The van der Waals surface area contributed by atoms with Crippen LogP contribution < -0.4 is 5.73 Å². The summed E-state index contributed by atoms with van der Waals surface area (Å²) in [7, 11) is 0. The molecule has 19 heavy (non-hydrogen) atoms. The third kappa shape index (κ3) is 2.89. The van der Waals surface area contributed by atoms with E-state index in [1.807, 2.05) is 6.26 Å². The molecular weight excluding hydrogens is 264 g/mol. The zero-order valence-electron chi connectivity index (χ0n) is 11.2. The second-order valence-electron chi connectivity index (χ2n) is 5.52. The summed E-state index contributed by atoms with van der Waals surface area (Å²) in [6.45, 7) is 0.577. The molecule has 6 heteroatoms. The van der Waals surface area contributed by atoms with Crippen molar-refractivity contribution in [3.63, 3.8) is 0 Å². The average molecular weight is 286 g/mol. The van der Waals surface area contributed by atoms with E-state index in [-0.39, 0.29) is 11.8 Å². The number of hydrogen-bond donors (Lipinski definition) is 2. The van der Waals surface area contributed by atoms with Crippen LogP contribution >= 0.6 is 11.8 Å². The van der Waals surface area contributed by atoms with Gasteiger partial charge < -0.3 is 15.7 Å². The highest BCUT2D eigenvalue weighted by Gasteiger charge is 2.50. The van der Waals surface area contributed by atoms with Gasteiger partial charge in [-0.3, -0.25) is 4.79 Å². The summed E-state index contributed by atoms with van der Waals surface area (Å²) in [6.07, 6.45) is 5.62. The predicted molar refractivity (Wildman–Crippen MR) is 74.9 cm³/mol. The molecule has 0 radical (unpaired) electrons. The Morgan fingerprint density at radius 3 is 2.84 bits per heavy atom. The highest BCUT2D eigenvalue weighted by atomic mass is 32.2. The lowest BCUT2D eigenvalue weighted by molar-refractivity contribution is -0.150. The van der Waals surface area contributed by atoms with Crippen LogP contribution in [0.3, 0.4) is 0 Å². The first-order valence-corrected chi connectivity index (χ1v) is 8.23. The molecule has 3 N–H and O–H groups in total. The predicted octanol–water partition coefficient (Wildman–Crippen LogP) is 0.778. The number of carboxylic acid groups (broad SMARTS) is 1. The Balaban J connectivity index is 2.06. The lowest BCUT2D eigenvalue weighted by Crippen LogP contribution is -2.50. The van der Waals surface area contributed by atoms with Crippen molar-refractivity contribution in [2.24, 2.45) is 17.6 Å². The first kappa shape index (κ1) is 14.7. The van der Waals surface area contributed by atoms with Crippen LogP contribution in [-0.2, 0) is 9.59 Å². The summed E-state index contributed by atoms with van der Waals surface area (Å²) in [6, 6.07) is -1.21. The molecule has 2 fully saturated rings. The number of fused-ring (bicyclic) bond motifs is 1. The Morgan fingerprint density at radius 2 is 2.21 bits per heavy atom. The van der Waals surface area contributed by atoms with Gasteiger partial charge in [-0.05, 0) is 43.1 Å². The smallest absolute Gasteiger partial charge is 0.326 e. The van der Waals surface area contributed by atoms with Gasteiger partial charge in [0.2, 0.25) is 5.91 Å². The molecule has 0 aromatic heterocycles. The highest BCUT2D eigenvalue weighted by molar-refractivity contribution is 7.98. The molecule has 0 aromatic rings. The monoisotopic (exact) mass is 286 g/mol. The normalized spacial score (nSPS) is 31.3. The molecule has 0 aromatic carbocycles. The molecule has 3 unspecified atom stereocenters. The SMILES string of the molecule is CSCC[C@H](N)C(=O)N1CC2CCCC2C1C(=O)O. The lowest BCUT2D eigenvalue weighted by atomic mass is 9.94. The molecule has 1 amide bonds. The number of likely N-dealkylation sites (tertiary alicyclic amines) is 1. The van der Waals surface area contributed by atoms with E-state index in [1.54, 1.807) is 11.8 Å². The number of hydrogen-bond acceptors (Lipinski definition) is 4. The van der Waals surface area contributed by atoms with Crippen LogP contribution in [0.5, 0.6) is 0 Å². The largest absolute Gasteiger partial charge is 0.480 e. The Labute approximate surface area is 117 Å². The van der Waals surface area contributed by atoms with Crippen molar-refractivity contribution in [3.05, 3.63) is 0 Å². The van der Waals surface area contributed by atoms with Crippen molar-refractivity contribution >= 4 is 23.6 Å². The highest BCUT2D eigenvalue weighted by Crippen LogP contribution is 2.42. The van der Waals surface area contributed by atoms with Gasteiger partial charge in [-0.15, -0.1) is 0 Å². The maximum Gasteiger partial charge on any atom is 0.326 e. The van der Waals surface area contributed by atoms with Crippen LogP contribution in [0.25, 0.3) is 0 Å². The van der Waals surface area contributed by atoms with E-state index in [0.29, 0.717) is 18.9 Å². The maximum absolute atomic E-state index is 12.3. The van der Waals surface area contributed by atoms with Crippen molar-refractivity contribution in [2.45, 2.75) is 37.8 Å². The second kappa shape index (κ2) is 6.13. The molecule has 2 rings (SSSR count). The van der Waals surface area contributed by atoms with Crippen LogP contribution in [0.15, 0.2) is 0 Å². The molecule has 108 valence electrons. The summed E-state index contributed by atoms with van der Waals surface area (Å²) in [5, 5.41) is 9.40. The van der Waals surface area contributed by atoms with Gasteiger partial charge in [-0.25, -0.2) is 4.79 Å². The molecule has 4 atom stereocenters. The molecule has 1 aliphatic carbocycles. The molecule has 1 aliphatic heterocycles. The number of carboxylic acids is 1. The molecule has 5 nitrogen and oxygen atoms in total. The molecule has 2 aliphatic rings. The fourth-order valence-electron chi connectivity index (χ4n) is 3.43. The van der Waals surface area contributed by atoms with Crippen LogP contribution in [0.2, 0.25) is 0 Å². The number of rotatable bonds is 5. The van der Waals surface area contributed by atoms with E-state index < -0.39 is 18.1 Å². The summed E-state index contributed by atoms with van der Waals surface area (Å²) in [5.74, 6) is 0.258.